The summed E-state index contributed by atoms with van der Waals surface area (Å²) in [6.45, 7) is 4.55. The van der Waals surface area contributed by atoms with Gasteiger partial charge in [-0.2, -0.15) is 5.10 Å². The molecule has 0 atom stereocenters. The third-order valence-electron chi connectivity index (χ3n) is 1.56. The predicted molar refractivity (Wildman–Crippen MR) is 48.4 cm³/mol. The van der Waals surface area contributed by atoms with Gasteiger partial charge in [0, 0.05) is 12.6 Å². The number of carboxylic acids is 1. The normalized spacial score (nSPS) is 10.7. The summed E-state index contributed by atoms with van der Waals surface area (Å²) in [4.78, 5) is 10.7. The number of nitrogen functional groups attached to an aromatic ring is 1. The maximum Gasteiger partial charge on any atom is 0.354 e. The second-order valence-electron chi connectivity index (χ2n) is 3.34. The Bertz CT molecular complexity index is 317. The van der Waals surface area contributed by atoms with Crippen LogP contribution in [0, 0.1) is 5.92 Å². The summed E-state index contributed by atoms with van der Waals surface area (Å²) in [5.41, 5.74) is 5.54. The van der Waals surface area contributed by atoms with Crippen LogP contribution in [0.2, 0.25) is 0 Å². The average molecular weight is 183 g/mol. The van der Waals surface area contributed by atoms with Gasteiger partial charge in [-0.3, -0.25) is 4.68 Å². The standard InChI is InChI=1S/C8H13N3O2/c1-5(2)4-11-6(8(12)13)3-7(9)10-11/h3,5H,4H2,1-2H3,(H2,9,10)(H,12,13). The van der Waals surface area contributed by atoms with E-state index in [1.807, 2.05) is 13.8 Å². The van der Waals surface area contributed by atoms with Gasteiger partial charge in [0.1, 0.15) is 11.5 Å². The number of hydrogen-bond donors (Lipinski definition) is 2. The quantitative estimate of drug-likeness (QED) is 0.726. The average Bonchev–Trinajstić information content (AvgIpc) is 2.29. The fraction of sp³-hybridized carbons (Fsp3) is 0.500. The Morgan fingerprint density at radius 3 is 2.85 bits per heavy atom. The third-order valence-corrected chi connectivity index (χ3v) is 1.56. The highest BCUT2D eigenvalue weighted by atomic mass is 16.4. The van der Waals surface area contributed by atoms with Crippen LogP contribution in [0.15, 0.2) is 6.07 Å². The van der Waals surface area contributed by atoms with Crippen molar-refractivity contribution < 1.29 is 9.90 Å². The van der Waals surface area contributed by atoms with Crippen LogP contribution < -0.4 is 5.73 Å². The van der Waals surface area contributed by atoms with Gasteiger partial charge >= 0.3 is 5.97 Å². The molecule has 1 rings (SSSR count). The zero-order valence-electron chi connectivity index (χ0n) is 7.69. The second-order valence-corrected chi connectivity index (χ2v) is 3.34. The van der Waals surface area contributed by atoms with E-state index >= 15 is 0 Å². The first-order valence-electron chi connectivity index (χ1n) is 4.07. The molecule has 3 N–H and O–H groups in total. The van der Waals surface area contributed by atoms with E-state index in [0.717, 1.165) is 0 Å². The molecule has 0 amide bonds. The molecule has 0 aliphatic carbocycles. The van der Waals surface area contributed by atoms with Crippen molar-refractivity contribution >= 4 is 11.8 Å². The first kappa shape index (κ1) is 9.57. The highest BCUT2D eigenvalue weighted by Crippen LogP contribution is 2.08. The summed E-state index contributed by atoms with van der Waals surface area (Å²) in [5.74, 6) is -0.402. The minimum Gasteiger partial charge on any atom is -0.477 e. The number of rotatable bonds is 3. The molecule has 13 heavy (non-hydrogen) atoms. The first-order chi connectivity index (χ1) is 6.00. The van der Waals surface area contributed by atoms with Crippen LogP contribution in [-0.4, -0.2) is 20.9 Å². The molecule has 0 aliphatic heterocycles. The van der Waals surface area contributed by atoms with Crippen LogP contribution in [0.25, 0.3) is 0 Å². The number of hydrogen-bond acceptors (Lipinski definition) is 3. The molecule has 5 heteroatoms. The molecule has 0 fully saturated rings. The lowest BCUT2D eigenvalue weighted by atomic mass is 10.2. The maximum atomic E-state index is 10.7. The number of carbonyl (C=O) groups is 1. The number of aromatic nitrogens is 2. The summed E-state index contributed by atoms with van der Waals surface area (Å²) in [5, 5.41) is 12.7. The Hall–Kier alpha value is -1.52. The van der Waals surface area contributed by atoms with E-state index in [2.05, 4.69) is 5.10 Å². The molecule has 5 nitrogen and oxygen atoms in total. The number of nitrogens with zero attached hydrogens (tertiary/aromatic N) is 2. The SMILES string of the molecule is CC(C)Cn1nc(N)cc1C(=O)O. The Morgan fingerprint density at radius 1 is 1.77 bits per heavy atom. The molecule has 0 radical (unpaired) electrons. The molecule has 1 heterocycles. The fourth-order valence-corrected chi connectivity index (χ4v) is 1.09. The van der Waals surface area contributed by atoms with Gasteiger partial charge in [0.15, 0.2) is 0 Å². The van der Waals surface area contributed by atoms with E-state index in [1.165, 1.54) is 10.7 Å². The van der Waals surface area contributed by atoms with Crippen molar-refractivity contribution in [1.82, 2.24) is 9.78 Å². The van der Waals surface area contributed by atoms with E-state index in [0.29, 0.717) is 12.5 Å². The van der Waals surface area contributed by atoms with E-state index in [1.54, 1.807) is 0 Å². The van der Waals surface area contributed by atoms with Gasteiger partial charge < -0.3 is 10.8 Å². The van der Waals surface area contributed by atoms with Crippen molar-refractivity contribution in [3.63, 3.8) is 0 Å². The molecule has 72 valence electrons. The van der Waals surface area contributed by atoms with Crippen molar-refractivity contribution in [1.29, 1.82) is 0 Å². The van der Waals surface area contributed by atoms with Crippen molar-refractivity contribution in [2.24, 2.45) is 5.92 Å². The molecule has 0 aliphatic rings. The second kappa shape index (κ2) is 3.47. The molecule has 0 aromatic carbocycles. The molecular weight excluding hydrogens is 170 g/mol. The van der Waals surface area contributed by atoms with Crippen LogP contribution in [0.4, 0.5) is 5.82 Å². The van der Waals surface area contributed by atoms with Gasteiger partial charge in [0.25, 0.3) is 0 Å². The number of anilines is 1. The predicted octanol–water partition coefficient (Wildman–Crippen LogP) is 0.820. The summed E-state index contributed by atoms with van der Waals surface area (Å²) in [6, 6.07) is 1.37. The summed E-state index contributed by atoms with van der Waals surface area (Å²) in [7, 11) is 0. The monoisotopic (exact) mass is 183 g/mol. The van der Waals surface area contributed by atoms with Crippen molar-refractivity contribution in [2.75, 3.05) is 5.73 Å². The molecule has 1 aromatic rings. The van der Waals surface area contributed by atoms with E-state index in [4.69, 9.17) is 10.8 Å². The number of aromatic carboxylic acids is 1. The van der Waals surface area contributed by atoms with Crippen molar-refractivity contribution in [3.8, 4) is 0 Å². The molecular formula is C8H13N3O2. The summed E-state index contributed by atoms with van der Waals surface area (Å²) < 4.78 is 1.42. The van der Waals surface area contributed by atoms with Crippen LogP contribution in [0.5, 0.6) is 0 Å². The molecule has 0 saturated heterocycles. The van der Waals surface area contributed by atoms with E-state index < -0.39 is 5.97 Å². The van der Waals surface area contributed by atoms with Crippen LogP contribution >= 0.6 is 0 Å². The topological polar surface area (TPSA) is 81.1 Å². The Kier molecular flexibility index (Phi) is 2.55. The highest BCUT2D eigenvalue weighted by Gasteiger charge is 2.13. The van der Waals surface area contributed by atoms with Gasteiger partial charge in [-0.1, -0.05) is 13.8 Å². The smallest absolute Gasteiger partial charge is 0.354 e. The van der Waals surface area contributed by atoms with Crippen LogP contribution in [0.1, 0.15) is 24.3 Å². The van der Waals surface area contributed by atoms with Crippen molar-refractivity contribution in [3.05, 3.63) is 11.8 Å². The zero-order chi connectivity index (χ0) is 10.0. The Labute approximate surface area is 76.2 Å². The van der Waals surface area contributed by atoms with Gasteiger partial charge in [0.2, 0.25) is 0 Å². The van der Waals surface area contributed by atoms with Crippen LogP contribution in [-0.2, 0) is 6.54 Å². The lowest BCUT2D eigenvalue weighted by Crippen LogP contribution is -2.13. The van der Waals surface area contributed by atoms with Crippen molar-refractivity contribution in [2.45, 2.75) is 20.4 Å². The summed E-state index contributed by atoms with van der Waals surface area (Å²) in [6.07, 6.45) is 0. The molecule has 0 bridgehead atoms. The summed E-state index contributed by atoms with van der Waals surface area (Å²) >= 11 is 0. The van der Waals surface area contributed by atoms with E-state index in [9.17, 15) is 4.79 Å². The minimum absolute atomic E-state index is 0.145. The maximum absolute atomic E-state index is 10.7. The van der Waals surface area contributed by atoms with Gasteiger partial charge in [-0.25, -0.2) is 4.79 Å². The van der Waals surface area contributed by atoms with Gasteiger partial charge in [-0.15, -0.1) is 0 Å². The van der Waals surface area contributed by atoms with Gasteiger partial charge in [-0.05, 0) is 5.92 Å². The Morgan fingerprint density at radius 2 is 2.38 bits per heavy atom. The number of carboxylic acid groups (broad SMARTS) is 1. The molecule has 0 saturated carbocycles. The largest absolute Gasteiger partial charge is 0.477 e. The lowest BCUT2D eigenvalue weighted by molar-refractivity contribution is 0.0682. The lowest BCUT2D eigenvalue weighted by Gasteiger charge is -2.06. The number of nitrogens with two attached hydrogens (primary N) is 1. The minimum atomic E-state index is -0.996. The van der Waals surface area contributed by atoms with Crippen LogP contribution in [0.3, 0.4) is 0 Å². The Balaban J connectivity index is 2.97. The molecule has 1 aromatic heterocycles. The third kappa shape index (κ3) is 2.21. The van der Waals surface area contributed by atoms with Gasteiger partial charge in [0.05, 0.1) is 0 Å². The zero-order valence-corrected chi connectivity index (χ0v) is 7.69. The fourth-order valence-electron chi connectivity index (χ4n) is 1.09. The molecule has 0 unspecified atom stereocenters. The van der Waals surface area contributed by atoms with E-state index in [-0.39, 0.29) is 11.5 Å². The molecule has 0 spiro atoms. The first-order valence-corrected chi connectivity index (χ1v) is 4.07. The highest BCUT2D eigenvalue weighted by molar-refractivity contribution is 5.86.